The molecule has 29 heteroatoms. The lowest BCUT2D eigenvalue weighted by Gasteiger charge is -2.28. The van der Waals surface area contributed by atoms with Crippen LogP contribution in [0.3, 0.4) is 0 Å². The molecule has 10 atom stereocenters. The van der Waals surface area contributed by atoms with Gasteiger partial charge in [-0.2, -0.15) is 0 Å². The first-order valence-corrected chi connectivity index (χ1v) is 31.5. The lowest BCUT2D eigenvalue weighted by atomic mass is 10.0. The minimum Gasteiger partial charge on any atom is -0.508 e. The van der Waals surface area contributed by atoms with Crippen LogP contribution in [0.5, 0.6) is 5.75 Å². The zero-order valence-corrected chi connectivity index (χ0v) is 54.3. The number of aromatic hydroxyl groups is 1. The SMILES string of the molecule is CC(=O)N[C@@H](CCCCN)C(=O)N[C@@H](Cc1ccc(O)cc1)C(=O)N[C@@H](C)C(=O)N[C@@H](CC(C)C)C(=O)N[C@@H](CCCCN)C(=O)N[C@@H](C)C(=O)N[C@@H](CC(C)C)C(=O)N[C@@H](CCCCN)C(=O)NCC(=O)N[C@@H](CC(C)C)C(=O)N[C@@H](CCCCN)C(=O)O. The van der Waals surface area contributed by atoms with E-state index in [1.54, 1.807) is 39.8 Å². The van der Waals surface area contributed by atoms with Gasteiger partial charge in [0.2, 0.25) is 65.0 Å². The van der Waals surface area contributed by atoms with Gasteiger partial charge in [-0.05, 0) is 172 Å². The first-order valence-electron chi connectivity index (χ1n) is 31.5. The quantitative estimate of drug-likeness (QED) is 0.0337. The maximum atomic E-state index is 14.2. The number of carboxylic acid groups (broad SMARTS) is 1. The van der Waals surface area contributed by atoms with E-state index in [9.17, 15) is 67.7 Å². The molecule has 0 aliphatic rings. The number of carboxylic acids is 1. The molecule has 0 fully saturated rings. The smallest absolute Gasteiger partial charge is 0.326 e. The van der Waals surface area contributed by atoms with E-state index in [-0.39, 0.29) is 88.0 Å². The molecule has 0 saturated carbocycles. The molecule has 0 saturated heterocycles. The van der Waals surface area contributed by atoms with Crippen LogP contribution in [0.4, 0.5) is 0 Å². The summed E-state index contributed by atoms with van der Waals surface area (Å²) in [5.41, 5.74) is 23.2. The third kappa shape index (κ3) is 33.4. The maximum absolute atomic E-state index is 14.2. The summed E-state index contributed by atoms with van der Waals surface area (Å²) in [6.07, 6.45) is 4.55. The Bertz CT molecular complexity index is 2450. The summed E-state index contributed by atoms with van der Waals surface area (Å²) in [6.45, 7) is 15.5. The van der Waals surface area contributed by atoms with Crippen molar-refractivity contribution in [3.63, 3.8) is 0 Å². The largest absolute Gasteiger partial charge is 0.508 e. The monoisotopic (exact) mass is 1270 g/mol. The van der Waals surface area contributed by atoms with Crippen LogP contribution in [0.1, 0.15) is 164 Å². The highest BCUT2D eigenvalue weighted by molar-refractivity contribution is 5.98. The van der Waals surface area contributed by atoms with Gasteiger partial charge in [-0.3, -0.25) is 52.7 Å². The molecule has 0 aliphatic carbocycles. The van der Waals surface area contributed by atoms with Gasteiger partial charge in [0.05, 0.1) is 6.54 Å². The van der Waals surface area contributed by atoms with Crippen molar-refractivity contribution in [1.82, 2.24) is 58.5 Å². The molecule has 0 unspecified atom stereocenters. The van der Waals surface area contributed by atoms with E-state index in [0.29, 0.717) is 70.0 Å². The van der Waals surface area contributed by atoms with Gasteiger partial charge in [0, 0.05) is 13.3 Å². The number of phenolic OH excluding ortho intramolecular Hbond substituents is 1. The van der Waals surface area contributed by atoms with Gasteiger partial charge in [-0.15, -0.1) is 0 Å². The number of benzene rings is 1. The van der Waals surface area contributed by atoms with E-state index in [0.717, 1.165) is 0 Å². The number of hydrogen-bond acceptors (Lipinski definition) is 17. The minimum atomic E-state index is -1.30. The molecule has 0 spiro atoms. The zero-order valence-electron chi connectivity index (χ0n) is 54.3. The maximum Gasteiger partial charge on any atom is 0.326 e. The highest BCUT2D eigenvalue weighted by Crippen LogP contribution is 2.15. The number of carbonyl (C=O) groups is 12. The zero-order chi connectivity index (χ0) is 68.0. The number of hydrogen-bond donors (Lipinski definition) is 17. The second kappa shape index (κ2) is 44.0. The lowest BCUT2D eigenvalue weighted by molar-refractivity contribution is -0.142. The van der Waals surface area contributed by atoms with Crippen LogP contribution in [0.2, 0.25) is 0 Å². The molecule has 11 amide bonds. The highest BCUT2D eigenvalue weighted by Gasteiger charge is 2.35. The molecule has 21 N–H and O–H groups in total. The summed E-state index contributed by atoms with van der Waals surface area (Å²) >= 11 is 0. The molecule has 510 valence electrons. The van der Waals surface area contributed by atoms with Crippen LogP contribution in [-0.4, -0.2) is 174 Å². The number of nitrogens with two attached hydrogens (primary N) is 4. The average Bonchev–Trinajstić information content (AvgIpc) is 2.35. The third-order valence-electron chi connectivity index (χ3n) is 14.3. The van der Waals surface area contributed by atoms with Gasteiger partial charge in [0.25, 0.3) is 0 Å². The molecule has 0 aliphatic heterocycles. The summed E-state index contributed by atoms with van der Waals surface area (Å²) in [6, 6.07) is -6.23. The summed E-state index contributed by atoms with van der Waals surface area (Å²) in [5, 5.41) is 48.4. The predicted molar refractivity (Wildman–Crippen MR) is 339 cm³/mol. The van der Waals surface area contributed by atoms with Crippen molar-refractivity contribution < 1.29 is 67.7 Å². The molecule has 1 rings (SSSR count). The molecular formula is C61H107N15O14. The predicted octanol–water partition coefficient (Wildman–Crippen LogP) is -1.30. The van der Waals surface area contributed by atoms with Crippen molar-refractivity contribution in [3.8, 4) is 5.75 Å². The molecular weight excluding hydrogens is 1170 g/mol. The summed E-state index contributed by atoms with van der Waals surface area (Å²) in [7, 11) is 0. The Kier molecular flexibility index (Phi) is 39.4. The molecule has 29 nitrogen and oxygen atoms in total. The number of phenols is 1. The van der Waals surface area contributed by atoms with Gasteiger partial charge in [-0.25, -0.2) is 4.79 Å². The topological polar surface area (TPSA) is 482 Å². The van der Waals surface area contributed by atoms with Gasteiger partial charge in [0.1, 0.15) is 66.2 Å². The Morgan fingerprint density at radius 1 is 0.378 bits per heavy atom. The van der Waals surface area contributed by atoms with Crippen molar-refractivity contribution >= 4 is 70.9 Å². The fourth-order valence-corrected chi connectivity index (χ4v) is 9.44. The van der Waals surface area contributed by atoms with Gasteiger partial charge in [0.15, 0.2) is 0 Å². The fraction of sp³-hybridized carbons (Fsp3) is 0.705. The van der Waals surface area contributed by atoms with Crippen molar-refractivity contribution in [1.29, 1.82) is 0 Å². The van der Waals surface area contributed by atoms with Crippen LogP contribution < -0.4 is 81.4 Å². The number of nitrogens with one attached hydrogen (secondary N) is 11. The number of unbranched alkanes of at least 4 members (excludes halogenated alkanes) is 4. The second-order valence-electron chi connectivity index (χ2n) is 24.2. The lowest BCUT2D eigenvalue weighted by Crippen LogP contribution is -2.60. The molecule has 0 aromatic heterocycles. The van der Waals surface area contributed by atoms with Crippen molar-refractivity contribution in [2.24, 2.45) is 40.7 Å². The van der Waals surface area contributed by atoms with Crippen LogP contribution in [-0.2, 0) is 64.0 Å². The molecule has 1 aromatic carbocycles. The molecule has 90 heavy (non-hydrogen) atoms. The van der Waals surface area contributed by atoms with E-state index in [1.807, 2.05) is 13.8 Å². The van der Waals surface area contributed by atoms with Gasteiger partial charge in [-0.1, -0.05) is 53.7 Å². The van der Waals surface area contributed by atoms with Crippen molar-refractivity contribution in [2.45, 2.75) is 225 Å². The summed E-state index contributed by atoms with van der Waals surface area (Å²) in [5.74, 6) is -9.70. The summed E-state index contributed by atoms with van der Waals surface area (Å²) < 4.78 is 0. The van der Waals surface area contributed by atoms with Crippen molar-refractivity contribution in [3.05, 3.63) is 29.8 Å². The number of rotatable bonds is 46. The average molecular weight is 1270 g/mol. The minimum absolute atomic E-state index is 0.0324. The van der Waals surface area contributed by atoms with Crippen LogP contribution >= 0.6 is 0 Å². The van der Waals surface area contributed by atoms with E-state index >= 15 is 0 Å². The van der Waals surface area contributed by atoms with Crippen molar-refractivity contribution in [2.75, 3.05) is 32.7 Å². The standard InChI is InChI=1S/C61H107N15O14/c1-35(2)30-47(58(86)73-46(61(89)90)21-13-17-29-65)70-51(79)34-66-54(82)43(18-10-14-26-62)71-59(87)48(31-36(3)4)74-52(80)38(7)67-55(83)45(20-12-16-28-64)72-60(88)49(32-37(5)6)75-53(81)39(8)68-57(85)50(33-41-22-24-42(78)25-23-41)76-56(84)44(69-40(9)77)19-11-15-27-63/h22-25,35-39,43-50,78H,10-21,26-34,62-65H2,1-9H3,(H,66,82)(H,67,83)(H,68,85)(H,69,77)(H,70,79)(H,71,87)(H,72,88)(H,73,86)(H,74,80)(H,75,81)(H,76,84)(H,89,90)/t38-,39-,43-,44-,45-,46-,47-,48-,49-,50-/m0/s1. The molecule has 0 bridgehead atoms. The normalized spacial score (nSPS) is 14.6. The third-order valence-corrected chi connectivity index (χ3v) is 14.3. The Hall–Kier alpha value is -7.50. The number of carbonyl (C=O) groups excluding carboxylic acids is 11. The van der Waals surface area contributed by atoms with E-state index in [1.165, 1.54) is 32.9 Å². The molecule has 0 radical (unpaired) electrons. The highest BCUT2D eigenvalue weighted by atomic mass is 16.4. The van der Waals surface area contributed by atoms with Crippen LogP contribution in [0, 0.1) is 17.8 Å². The van der Waals surface area contributed by atoms with E-state index in [4.69, 9.17) is 22.9 Å². The van der Waals surface area contributed by atoms with Crippen LogP contribution in [0.15, 0.2) is 24.3 Å². The second-order valence-corrected chi connectivity index (χ2v) is 24.2. The Morgan fingerprint density at radius 3 is 1.07 bits per heavy atom. The number of aliphatic carboxylic acids is 1. The first kappa shape index (κ1) is 80.5. The fourth-order valence-electron chi connectivity index (χ4n) is 9.44. The Balaban J connectivity index is 3.31. The van der Waals surface area contributed by atoms with Gasteiger partial charge >= 0.3 is 5.97 Å². The Morgan fingerprint density at radius 2 is 0.689 bits per heavy atom. The summed E-state index contributed by atoms with van der Waals surface area (Å²) in [4.78, 5) is 162. The Labute approximate surface area is 529 Å². The van der Waals surface area contributed by atoms with E-state index in [2.05, 4.69) is 58.5 Å². The molecule has 0 heterocycles. The molecule has 1 aromatic rings. The van der Waals surface area contributed by atoms with Crippen LogP contribution in [0.25, 0.3) is 0 Å². The van der Waals surface area contributed by atoms with Gasteiger partial charge < -0.3 is 91.6 Å². The van der Waals surface area contributed by atoms with E-state index < -0.39 is 138 Å². The first-order chi connectivity index (χ1) is 42.5. The number of amides is 11.